The molecule has 3 heterocycles. The molecule has 37 heavy (non-hydrogen) atoms. The van der Waals surface area contributed by atoms with Gasteiger partial charge in [-0.1, -0.05) is 24.3 Å². The summed E-state index contributed by atoms with van der Waals surface area (Å²) in [5.41, 5.74) is 1.39. The third-order valence-corrected chi connectivity index (χ3v) is 7.05. The fraction of sp³-hybridized carbons (Fsp3) is 0.357. The molecule has 2 aliphatic rings. The molecular weight excluding hydrogens is 481 g/mol. The number of pyridine rings is 1. The van der Waals surface area contributed by atoms with Crippen LogP contribution in [0.4, 0.5) is 18.9 Å². The van der Waals surface area contributed by atoms with E-state index in [0.717, 1.165) is 29.7 Å². The molecule has 6 nitrogen and oxygen atoms in total. The minimum atomic E-state index is -4.43. The standard InChI is InChI=1S/C28H29F3N4O2/c29-28(30,31)21-9-10-25-20(16-21)17-24(27(36)33-18-22-6-4-5-11-32-22)26-19-34(12-13-35(25)26)14-15-37-23-7-2-1-3-8-23/h1-11,16,24,26H,12-15,17-19H2,(H,33,36). The summed E-state index contributed by atoms with van der Waals surface area (Å²) in [7, 11) is 0. The molecule has 2 unspecified atom stereocenters. The highest BCUT2D eigenvalue weighted by atomic mass is 19.4. The second-order valence-electron chi connectivity index (χ2n) is 9.41. The lowest BCUT2D eigenvalue weighted by Crippen LogP contribution is -2.61. The van der Waals surface area contributed by atoms with Crippen LogP contribution in [0.1, 0.15) is 16.8 Å². The van der Waals surface area contributed by atoms with Crippen LogP contribution in [-0.2, 0) is 23.9 Å². The molecule has 5 rings (SSSR count). The van der Waals surface area contributed by atoms with Gasteiger partial charge in [-0.3, -0.25) is 14.7 Å². The van der Waals surface area contributed by atoms with Crippen molar-refractivity contribution in [2.24, 2.45) is 5.92 Å². The van der Waals surface area contributed by atoms with E-state index in [1.165, 1.54) is 6.07 Å². The molecule has 1 fully saturated rings. The summed E-state index contributed by atoms with van der Waals surface area (Å²) < 4.78 is 46.1. The number of ether oxygens (including phenoxy) is 1. The van der Waals surface area contributed by atoms with Crippen molar-refractivity contribution in [3.8, 4) is 5.75 Å². The maximum absolute atomic E-state index is 13.4. The first kappa shape index (κ1) is 25.1. The van der Waals surface area contributed by atoms with E-state index < -0.39 is 17.7 Å². The van der Waals surface area contributed by atoms with Gasteiger partial charge in [-0.25, -0.2) is 0 Å². The Balaban J connectivity index is 1.33. The number of hydrogen-bond donors (Lipinski definition) is 1. The zero-order valence-electron chi connectivity index (χ0n) is 20.3. The molecule has 0 aliphatic carbocycles. The van der Waals surface area contributed by atoms with Crippen LogP contribution in [0, 0.1) is 5.92 Å². The third-order valence-electron chi connectivity index (χ3n) is 7.05. The van der Waals surface area contributed by atoms with Crippen LogP contribution in [0.25, 0.3) is 0 Å². The van der Waals surface area contributed by atoms with Gasteiger partial charge in [0.1, 0.15) is 12.4 Å². The van der Waals surface area contributed by atoms with E-state index in [4.69, 9.17) is 4.74 Å². The summed E-state index contributed by atoms with van der Waals surface area (Å²) in [6.07, 6.45) is -2.52. The van der Waals surface area contributed by atoms with Crippen LogP contribution in [0.15, 0.2) is 72.9 Å². The first-order valence-electron chi connectivity index (χ1n) is 12.4. The van der Waals surface area contributed by atoms with Crippen LogP contribution < -0.4 is 15.0 Å². The van der Waals surface area contributed by atoms with Crippen LogP contribution in [0.5, 0.6) is 5.75 Å². The Kier molecular flexibility index (Phi) is 7.32. The molecule has 0 radical (unpaired) electrons. The van der Waals surface area contributed by atoms with Crippen molar-refractivity contribution in [3.63, 3.8) is 0 Å². The SMILES string of the molecule is O=C(NCc1ccccn1)C1Cc2cc(C(F)(F)F)ccc2N2CCN(CCOc3ccccc3)CC12. The number of halogens is 3. The zero-order valence-corrected chi connectivity index (χ0v) is 20.3. The molecule has 3 aromatic rings. The Hall–Kier alpha value is -3.59. The van der Waals surface area contributed by atoms with Gasteiger partial charge in [0, 0.05) is 38.1 Å². The molecule has 0 saturated carbocycles. The number of hydrogen-bond acceptors (Lipinski definition) is 5. The molecule has 0 bridgehead atoms. The van der Waals surface area contributed by atoms with Gasteiger partial charge in [0.05, 0.1) is 29.8 Å². The Morgan fingerprint density at radius 1 is 1.05 bits per heavy atom. The number of nitrogens with one attached hydrogen (secondary N) is 1. The van der Waals surface area contributed by atoms with Gasteiger partial charge in [0.25, 0.3) is 0 Å². The number of rotatable bonds is 7. The highest BCUT2D eigenvalue weighted by Gasteiger charge is 2.42. The number of nitrogens with zero attached hydrogens (tertiary/aromatic N) is 3. The molecule has 1 aromatic heterocycles. The zero-order chi connectivity index (χ0) is 25.8. The number of benzene rings is 2. The lowest BCUT2D eigenvalue weighted by molar-refractivity contribution is -0.137. The van der Waals surface area contributed by atoms with E-state index in [1.54, 1.807) is 18.3 Å². The Morgan fingerprint density at radius 2 is 1.86 bits per heavy atom. The van der Waals surface area contributed by atoms with Gasteiger partial charge in [-0.05, 0) is 54.4 Å². The minimum absolute atomic E-state index is 0.154. The second-order valence-corrected chi connectivity index (χ2v) is 9.41. The average Bonchev–Trinajstić information content (AvgIpc) is 2.91. The monoisotopic (exact) mass is 510 g/mol. The average molecular weight is 511 g/mol. The van der Waals surface area contributed by atoms with E-state index in [-0.39, 0.29) is 24.9 Å². The number of amides is 1. The van der Waals surface area contributed by atoms with Crippen molar-refractivity contribution >= 4 is 11.6 Å². The highest BCUT2D eigenvalue weighted by molar-refractivity contribution is 5.82. The molecular formula is C28H29F3N4O2. The number of para-hydroxylation sites is 1. The maximum atomic E-state index is 13.4. The van der Waals surface area contributed by atoms with Crippen LogP contribution in [0.2, 0.25) is 0 Å². The Bertz CT molecular complexity index is 1210. The molecule has 9 heteroatoms. The Morgan fingerprint density at radius 3 is 2.62 bits per heavy atom. The fourth-order valence-electron chi connectivity index (χ4n) is 5.18. The second kappa shape index (κ2) is 10.8. The first-order chi connectivity index (χ1) is 17.9. The van der Waals surface area contributed by atoms with E-state index in [9.17, 15) is 18.0 Å². The first-order valence-corrected chi connectivity index (χ1v) is 12.4. The predicted octanol–water partition coefficient (Wildman–Crippen LogP) is 4.16. The van der Waals surface area contributed by atoms with E-state index in [1.807, 2.05) is 42.5 Å². The van der Waals surface area contributed by atoms with Gasteiger partial charge in [-0.15, -0.1) is 0 Å². The minimum Gasteiger partial charge on any atom is -0.492 e. The van der Waals surface area contributed by atoms with Crippen molar-refractivity contribution < 1.29 is 22.7 Å². The third kappa shape index (κ3) is 5.88. The summed E-state index contributed by atoms with van der Waals surface area (Å²) in [6, 6.07) is 18.8. The topological polar surface area (TPSA) is 57.7 Å². The molecule has 1 N–H and O–H groups in total. The lowest BCUT2D eigenvalue weighted by Gasteiger charge is -2.49. The molecule has 1 amide bonds. The molecule has 2 aromatic carbocycles. The largest absolute Gasteiger partial charge is 0.492 e. The van der Waals surface area contributed by atoms with E-state index in [0.29, 0.717) is 31.8 Å². The molecule has 1 saturated heterocycles. The molecule has 0 spiro atoms. The predicted molar refractivity (Wildman–Crippen MR) is 134 cm³/mol. The summed E-state index contributed by atoms with van der Waals surface area (Å²) >= 11 is 0. The van der Waals surface area contributed by atoms with Gasteiger partial charge < -0.3 is 15.0 Å². The number of anilines is 1. The number of alkyl halides is 3. The van der Waals surface area contributed by atoms with Gasteiger partial charge in [0.15, 0.2) is 0 Å². The van der Waals surface area contributed by atoms with Crippen LogP contribution >= 0.6 is 0 Å². The number of carbonyl (C=O) groups excluding carboxylic acids is 1. The molecule has 2 atom stereocenters. The summed E-state index contributed by atoms with van der Waals surface area (Å²) in [5.74, 6) is 0.142. The van der Waals surface area contributed by atoms with Crippen molar-refractivity contribution in [2.45, 2.75) is 25.2 Å². The van der Waals surface area contributed by atoms with E-state index >= 15 is 0 Å². The number of aromatic nitrogens is 1. The molecule has 2 aliphatic heterocycles. The van der Waals surface area contributed by atoms with Gasteiger partial charge >= 0.3 is 6.18 Å². The van der Waals surface area contributed by atoms with Crippen LogP contribution in [-0.4, -0.2) is 54.6 Å². The van der Waals surface area contributed by atoms with Crippen LogP contribution in [0.3, 0.4) is 0 Å². The molecule has 194 valence electrons. The number of carbonyl (C=O) groups is 1. The fourth-order valence-corrected chi connectivity index (χ4v) is 5.18. The number of piperazine rings is 1. The Labute approximate surface area is 214 Å². The van der Waals surface area contributed by atoms with Crippen molar-refractivity contribution in [1.82, 2.24) is 15.2 Å². The lowest BCUT2D eigenvalue weighted by atomic mass is 9.82. The normalized spacial score (nSPS) is 19.6. The highest BCUT2D eigenvalue weighted by Crippen LogP contribution is 2.39. The van der Waals surface area contributed by atoms with Gasteiger partial charge in [-0.2, -0.15) is 13.2 Å². The van der Waals surface area contributed by atoms with E-state index in [2.05, 4.69) is 20.1 Å². The van der Waals surface area contributed by atoms with Gasteiger partial charge in [0.2, 0.25) is 5.91 Å². The smallest absolute Gasteiger partial charge is 0.416 e. The maximum Gasteiger partial charge on any atom is 0.416 e. The summed E-state index contributed by atoms with van der Waals surface area (Å²) in [5, 5.41) is 2.96. The summed E-state index contributed by atoms with van der Waals surface area (Å²) in [6.45, 7) is 3.46. The quantitative estimate of drug-likeness (QED) is 0.518. The van der Waals surface area contributed by atoms with Crippen molar-refractivity contribution in [1.29, 1.82) is 0 Å². The van der Waals surface area contributed by atoms with Crippen molar-refractivity contribution in [2.75, 3.05) is 37.7 Å². The summed E-state index contributed by atoms with van der Waals surface area (Å²) in [4.78, 5) is 22.0. The van der Waals surface area contributed by atoms with Crippen molar-refractivity contribution in [3.05, 3.63) is 89.7 Å². The number of fused-ring (bicyclic) bond motifs is 3.